The van der Waals surface area contributed by atoms with Gasteiger partial charge in [0.15, 0.2) is 0 Å². The number of aryl methyl sites for hydroxylation is 2. The van der Waals surface area contributed by atoms with Gasteiger partial charge in [-0.05, 0) is 37.5 Å². The Morgan fingerprint density at radius 3 is 2.71 bits per heavy atom. The van der Waals surface area contributed by atoms with Crippen LogP contribution in [0.1, 0.15) is 27.2 Å². The number of carboxylic acid groups (broad SMARTS) is 1. The minimum Gasteiger partial charge on any atom is -0.480 e. The summed E-state index contributed by atoms with van der Waals surface area (Å²) >= 11 is 0. The summed E-state index contributed by atoms with van der Waals surface area (Å²) in [6.07, 6.45) is 0.767. The molecule has 1 aromatic heterocycles. The molecule has 0 saturated carbocycles. The zero-order chi connectivity index (χ0) is 15.3. The van der Waals surface area contributed by atoms with Crippen LogP contribution in [0.4, 0.5) is 0 Å². The van der Waals surface area contributed by atoms with Gasteiger partial charge in [-0.2, -0.15) is 0 Å². The minimum atomic E-state index is -0.935. The van der Waals surface area contributed by atoms with Crippen molar-refractivity contribution in [1.82, 2.24) is 9.47 Å². The average molecular weight is 286 g/mol. The van der Waals surface area contributed by atoms with Crippen molar-refractivity contribution in [3.63, 3.8) is 0 Å². The molecule has 2 heterocycles. The van der Waals surface area contributed by atoms with Gasteiger partial charge >= 0.3 is 5.97 Å². The lowest BCUT2D eigenvalue weighted by Gasteiger charge is -2.24. The van der Waals surface area contributed by atoms with Gasteiger partial charge in [-0.3, -0.25) is 9.59 Å². The number of likely N-dealkylation sites (N-methyl/N-ethyl adjacent to an activating group) is 1. The first-order chi connectivity index (χ1) is 9.90. The molecule has 0 saturated heterocycles. The van der Waals surface area contributed by atoms with E-state index in [1.165, 1.54) is 0 Å². The van der Waals surface area contributed by atoms with Crippen LogP contribution >= 0.6 is 0 Å². The molecule has 0 atom stereocenters. The summed E-state index contributed by atoms with van der Waals surface area (Å²) in [6.45, 7) is 4.47. The second-order valence-corrected chi connectivity index (χ2v) is 5.76. The third-order valence-corrected chi connectivity index (χ3v) is 4.14. The van der Waals surface area contributed by atoms with Gasteiger partial charge < -0.3 is 14.6 Å². The number of nitrogens with zero attached hydrogens (tertiary/aromatic N) is 2. The molecule has 5 nitrogen and oxygen atoms in total. The number of fused-ring (bicyclic) bond motifs is 3. The minimum absolute atomic E-state index is 0.0919. The number of amides is 1. The highest BCUT2D eigenvalue weighted by Crippen LogP contribution is 2.33. The van der Waals surface area contributed by atoms with Gasteiger partial charge in [-0.15, -0.1) is 0 Å². The fraction of sp³-hybridized carbons (Fsp3) is 0.375. The first kappa shape index (κ1) is 13.7. The number of hydrogen-bond donors (Lipinski definition) is 1. The molecule has 3 rings (SSSR count). The van der Waals surface area contributed by atoms with Crippen molar-refractivity contribution in [1.29, 1.82) is 0 Å². The van der Waals surface area contributed by atoms with Crippen LogP contribution in [0.5, 0.6) is 0 Å². The largest absolute Gasteiger partial charge is 0.480 e. The van der Waals surface area contributed by atoms with E-state index in [2.05, 4.69) is 6.07 Å². The van der Waals surface area contributed by atoms with E-state index < -0.39 is 5.97 Å². The lowest BCUT2D eigenvalue weighted by atomic mass is 10.0. The molecule has 1 aliphatic rings. The highest BCUT2D eigenvalue weighted by atomic mass is 16.4. The maximum Gasteiger partial charge on any atom is 0.323 e. The number of carboxylic acids is 1. The summed E-state index contributed by atoms with van der Waals surface area (Å²) in [5, 5.41) is 10.2. The first-order valence-corrected chi connectivity index (χ1v) is 6.99. The van der Waals surface area contributed by atoms with Crippen LogP contribution in [0.15, 0.2) is 12.1 Å². The summed E-state index contributed by atoms with van der Waals surface area (Å²) in [6, 6.07) is 4.08. The molecule has 0 bridgehead atoms. The summed E-state index contributed by atoms with van der Waals surface area (Å²) in [5.41, 5.74) is 4.53. The Morgan fingerprint density at radius 2 is 2.05 bits per heavy atom. The maximum absolute atomic E-state index is 12.5. The lowest BCUT2D eigenvalue weighted by molar-refractivity contribution is -0.137. The highest BCUT2D eigenvalue weighted by Gasteiger charge is 2.30. The lowest BCUT2D eigenvalue weighted by Crippen LogP contribution is -2.35. The SMILES string of the molecule is Cc1cc(C)c2c(c1)c1c(n2CC(=O)O)C(=O)N(C)CC1. The molecule has 0 radical (unpaired) electrons. The van der Waals surface area contributed by atoms with Gasteiger partial charge in [0.1, 0.15) is 12.2 Å². The molecule has 1 aliphatic heterocycles. The van der Waals surface area contributed by atoms with Crippen molar-refractivity contribution < 1.29 is 14.7 Å². The van der Waals surface area contributed by atoms with Crippen molar-refractivity contribution in [3.05, 3.63) is 34.5 Å². The van der Waals surface area contributed by atoms with Gasteiger partial charge in [-0.25, -0.2) is 0 Å². The average Bonchev–Trinajstić information content (AvgIpc) is 2.68. The molecule has 0 fully saturated rings. The zero-order valence-corrected chi connectivity index (χ0v) is 12.4. The zero-order valence-electron chi connectivity index (χ0n) is 12.4. The van der Waals surface area contributed by atoms with Crippen molar-refractivity contribution in [3.8, 4) is 0 Å². The quantitative estimate of drug-likeness (QED) is 0.918. The molecule has 0 spiro atoms. The van der Waals surface area contributed by atoms with Crippen LogP contribution in [-0.4, -0.2) is 40.0 Å². The Morgan fingerprint density at radius 1 is 1.33 bits per heavy atom. The van der Waals surface area contributed by atoms with E-state index in [0.29, 0.717) is 12.2 Å². The second kappa shape index (κ2) is 4.62. The number of aliphatic carboxylic acids is 1. The molecule has 2 aromatic rings. The molecular weight excluding hydrogens is 268 g/mol. The molecule has 0 aliphatic carbocycles. The summed E-state index contributed by atoms with van der Waals surface area (Å²) < 4.78 is 1.67. The van der Waals surface area contributed by atoms with E-state index in [4.69, 9.17) is 0 Å². The van der Waals surface area contributed by atoms with Crippen molar-refractivity contribution in [2.24, 2.45) is 0 Å². The first-order valence-electron chi connectivity index (χ1n) is 6.99. The number of aromatic nitrogens is 1. The molecule has 5 heteroatoms. The Bertz CT molecular complexity index is 774. The summed E-state index contributed by atoms with van der Waals surface area (Å²) in [7, 11) is 1.76. The number of hydrogen-bond acceptors (Lipinski definition) is 2. The molecule has 0 unspecified atom stereocenters. The van der Waals surface area contributed by atoms with Crippen molar-refractivity contribution in [2.75, 3.05) is 13.6 Å². The second-order valence-electron chi connectivity index (χ2n) is 5.76. The van der Waals surface area contributed by atoms with E-state index in [-0.39, 0.29) is 12.5 Å². The Labute approximate surface area is 122 Å². The topological polar surface area (TPSA) is 62.5 Å². The molecule has 21 heavy (non-hydrogen) atoms. The number of benzene rings is 1. The number of carbonyl (C=O) groups excluding carboxylic acids is 1. The van der Waals surface area contributed by atoms with E-state index in [0.717, 1.165) is 34.0 Å². The third-order valence-electron chi connectivity index (χ3n) is 4.14. The van der Waals surface area contributed by atoms with E-state index >= 15 is 0 Å². The van der Waals surface area contributed by atoms with E-state index in [1.54, 1.807) is 16.5 Å². The fourth-order valence-electron chi connectivity index (χ4n) is 3.30. The predicted molar refractivity (Wildman–Crippen MR) is 79.7 cm³/mol. The van der Waals surface area contributed by atoms with Crippen LogP contribution in [0, 0.1) is 13.8 Å². The monoisotopic (exact) mass is 286 g/mol. The maximum atomic E-state index is 12.5. The van der Waals surface area contributed by atoms with E-state index in [1.807, 2.05) is 19.9 Å². The van der Waals surface area contributed by atoms with Crippen LogP contribution in [0.25, 0.3) is 10.9 Å². The van der Waals surface area contributed by atoms with Crippen LogP contribution in [0.2, 0.25) is 0 Å². The summed E-state index contributed by atoms with van der Waals surface area (Å²) in [5.74, 6) is -1.03. The Kier molecular flexibility index (Phi) is 3.01. The van der Waals surface area contributed by atoms with Gasteiger partial charge in [0.2, 0.25) is 0 Å². The summed E-state index contributed by atoms with van der Waals surface area (Å²) in [4.78, 5) is 25.4. The Hall–Kier alpha value is -2.30. The van der Waals surface area contributed by atoms with Crippen LogP contribution < -0.4 is 0 Å². The Balaban J connectivity index is 2.41. The van der Waals surface area contributed by atoms with Gasteiger partial charge in [-0.1, -0.05) is 11.6 Å². The normalized spacial score (nSPS) is 14.6. The van der Waals surface area contributed by atoms with Gasteiger partial charge in [0, 0.05) is 19.0 Å². The number of rotatable bonds is 2. The molecule has 110 valence electrons. The molecule has 1 N–H and O–H groups in total. The molecule has 1 amide bonds. The number of carbonyl (C=O) groups is 2. The van der Waals surface area contributed by atoms with Crippen molar-refractivity contribution >= 4 is 22.8 Å². The molecular formula is C16H18N2O3. The standard InChI is InChI=1S/C16H18N2O3/c1-9-6-10(2)14-12(7-9)11-4-5-17(3)16(21)15(11)18(14)8-13(19)20/h6-7H,4-5,8H2,1-3H3,(H,19,20). The highest BCUT2D eigenvalue weighted by molar-refractivity contribution is 6.04. The van der Waals surface area contributed by atoms with E-state index in [9.17, 15) is 14.7 Å². The smallest absolute Gasteiger partial charge is 0.323 e. The fourth-order valence-corrected chi connectivity index (χ4v) is 3.30. The van der Waals surface area contributed by atoms with Crippen LogP contribution in [0.3, 0.4) is 0 Å². The predicted octanol–water partition coefficient (Wildman–Crippen LogP) is 1.97. The third kappa shape index (κ3) is 2.00. The van der Waals surface area contributed by atoms with Crippen LogP contribution in [-0.2, 0) is 17.8 Å². The molecule has 1 aromatic carbocycles. The van der Waals surface area contributed by atoms with Crippen molar-refractivity contribution in [2.45, 2.75) is 26.8 Å². The van der Waals surface area contributed by atoms with Gasteiger partial charge in [0.05, 0.1) is 5.52 Å². The van der Waals surface area contributed by atoms with Gasteiger partial charge in [0.25, 0.3) is 5.91 Å².